The minimum absolute atomic E-state index is 0.141. The number of allylic oxidation sites excluding steroid dienone is 1. The van der Waals surface area contributed by atoms with E-state index in [1.54, 1.807) is 45.0 Å². The summed E-state index contributed by atoms with van der Waals surface area (Å²) in [4.78, 5) is 27.7. The number of ketones is 1. The van der Waals surface area contributed by atoms with Crippen LogP contribution in [0.15, 0.2) is 24.3 Å². The third-order valence-corrected chi connectivity index (χ3v) is 4.17. The van der Waals surface area contributed by atoms with Crippen LogP contribution in [0.2, 0.25) is 0 Å². The molecule has 1 heterocycles. The summed E-state index contributed by atoms with van der Waals surface area (Å²) in [6, 6.07) is 5.33. The van der Waals surface area contributed by atoms with Crippen LogP contribution in [0.1, 0.15) is 51.5 Å². The lowest BCUT2D eigenvalue weighted by molar-refractivity contribution is 0.0519. The Bertz CT molecular complexity index is 962. The molecule has 0 radical (unpaired) electrons. The number of ether oxygens (including phenoxy) is 3. The maximum absolute atomic E-state index is 12.7. The van der Waals surface area contributed by atoms with Crippen molar-refractivity contribution in [2.45, 2.75) is 27.7 Å². The van der Waals surface area contributed by atoms with Crippen molar-refractivity contribution in [1.29, 1.82) is 0 Å². The van der Waals surface area contributed by atoms with E-state index < -0.39 is 5.97 Å². The van der Waals surface area contributed by atoms with Gasteiger partial charge in [-0.1, -0.05) is 18.1 Å². The van der Waals surface area contributed by atoms with E-state index in [1.165, 1.54) is 6.08 Å². The topological polar surface area (TPSA) is 77.6 Å². The van der Waals surface area contributed by atoms with Crippen LogP contribution in [-0.4, -0.2) is 36.6 Å². The Morgan fingerprint density at radius 2 is 1.90 bits per heavy atom. The van der Waals surface area contributed by atoms with Gasteiger partial charge in [-0.25, -0.2) is 4.79 Å². The van der Waals surface area contributed by atoms with Gasteiger partial charge in [-0.05, 0) is 57.0 Å². The summed E-state index contributed by atoms with van der Waals surface area (Å²) in [6.07, 6.45) is 8.38. The number of aryl methyl sites for hydroxylation is 1. The van der Waals surface area contributed by atoms with Crippen LogP contribution in [0.25, 0.3) is 6.08 Å². The van der Waals surface area contributed by atoms with Gasteiger partial charge in [-0.15, -0.1) is 6.42 Å². The minimum Gasteiger partial charge on any atom is -0.490 e. The van der Waals surface area contributed by atoms with Gasteiger partial charge in [0.05, 0.1) is 13.2 Å². The molecule has 0 amide bonds. The molecule has 0 aliphatic rings. The van der Waals surface area contributed by atoms with E-state index in [2.05, 4.69) is 10.9 Å². The molecular formula is C23H25NO5. The fraction of sp³-hybridized carbons (Fsp3) is 0.304. The zero-order valence-corrected chi connectivity index (χ0v) is 17.1. The van der Waals surface area contributed by atoms with Gasteiger partial charge in [-0.3, -0.25) is 4.79 Å². The molecule has 0 saturated heterocycles. The van der Waals surface area contributed by atoms with Crippen LogP contribution in [0, 0.1) is 26.2 Å². The lowest BCUT2D eigenvalue weighted by Gasteiger charge is -2.10. The first-order chi connectivity index (χ1) is 13.9. The number of H-pyrrole nitrogens is 1. The van der Waals surface area contributed by atoms with E-state index in [0.717, 1.165) is 5.56 Å². The molecule has 1 N–H and O–H groups in total. The standard InChI is InChI=1S/C23H25NO5/c1-6-13-29-19-12-10-17(14-20(19)27-7-2)9-11-18(25)21-15(4)22(24-16(21)5)23(26)28-8-3/h1,9-12,14,24H,7-8,13H2,2-5H3/b11-9+. The predicted octanol–water partition coefficient (Wildman–Crippen LogP) is 4.12. The number of hydrogen-bond acceptors (Lipinski definition) is 5. The third-order valence-electron chi connectivity index (χ3n) is 4.17. The average molecular weight is 395 g/mol. The first-order valence-electron chi connectivity index (χ1n) is 9.34. The second kappa shape index (κ2) is 10.2. The first kappa shape index (κ1) is 21.8. The van der Waals surface area contributed by atoms with E-state index in [-0.39, 0.29) is 19.0 Å². The maximum atomic E-state index is 12.7. The molecular weight excluding hydrogens is 370 g/mol. The van der Waals surface area contributed by atoms with Crippen molar-refractivity contribution in [1.82, 2.24) is 4.98 Å². The largest absolute Gasteiger partial charge is 0.490 e. The molecule has 2 rings (SSSR count). The van der Waals surface area contributed by atoms with Gasteiger partial charge in [0.1, 0.15) is 12.3 Å². The van der Waals surface area contributed by atoms with Crippen LogP contribution in [0.4, 0.5) is 0 Å². The molecule has 0 bridgehead atoms. The van der Waals surface area contributed by atoms with Gasteiger partial charge < -0.3 is 19.2 Å². The number of carbonyl (C=O) groups is 2. The van der Waals surface area contributed by atoms with Gasteiger partial charge in [0.15, 0.2) is 17.3 Å². The summed E-state index contributed by atoms with van der Waals surface area (Å²) in [5, 5.41) is 0. The van der Waals surface area contributed by atoms with Crippen LogP contribution < -0.4 is 9.47 Å². The van der Waals surface area contributed by atoms with Crippen molar-refractivity contribution < 1.29 is 23.8 Å². The highest BCUT2D eigenvalue weighted by Crippen LogP contribution is 2.29. The third kappa shape index (κ3) is 5.29. The van der Waals surface area contributed by atoms with Gasteiger partial charge in [-0.2, -0.15) is 0 Å². The van der Waals surface area contributed by atoms with Crippen LogP contribution in [0.3, 0.4) is 0 Å². The Morgan fingerprint density at radius 3 is 2.55 bits per heavy atom. The van der Waals surface area contributed by atoms with E-state index in [1.807, 2.05) is 6.92 Å². The van der Waals surface area contributed by atoms with Gasteiger partial charge >= 0.3 is 5.97 Å². The fourth-order valence-corrected chi connectivity index (χ4v) is 2.92. The Hall–Kier alpha value is -3.46. The minimum atomic E-state index is -0.472. The second-order valence-electron chi connectivity index (χ2n) is 6.18. The van der Waals surface area contributed by atoms with Crippen molar-refractivity contribution >= 4 is 17.8 Å². The number of rotatable bonds is 9. The number of aromatic amines is 1. The lowest BCUT2D eigenvalue weighted by atomic mass is 10.0. The number of hydrogen-bond donors (Lipinski definition) is 1. The summed E-state index contributed by atoms with van der Waals surface area (Å²) < 4.78 is 16.1. The zero-order chi connectivity index (χ0) is 21.4. The quantitative estimate of drug-likeness (QED) is 0.299. The molecule has 0 aliphatic heterocycles. The van der Waals surface area contributed by atoms with E-state index in [9.17, 15) is 9.59 Å². The summed E-state index contributed by atoms with van der Waals surface area (Å²) in [5.74, 6) is 2.83. The number of esters is 1. The van der Waals surface area contributed by atoms with Gasteiger partial charge in [0, 0.05) is 11.3 Å². The lowest BCUT2D eigenvalue weighted by Crippen LogP contribution is -2.07. The molecule has 0 unspecified atom stereocenters. The molecule has 0 fully saturated rings. The van der Waals surface area contributed by atoms with Crippen molar-refractivity contribution in [2.75, 3.05) is 19.8 Å². The number of terminal acetylenes is 1. The highest BCUT2D eigenvalue weighted by Gasteiger charge is 2.21. The normalized spacial score (nSPS) is 10.6. The van der Waals surface area contributed by atoms with Crippen molar-refractivity contribution in [3.05, 3.63) is 52.4 Å². The van der Waals surface area contributed by atoms with Crippen LogP contribution in [-0.2, 0) is 4.74 Å². The molecule has 0 saturated carbocycles. The van der Waals surface area contributed by atoms with E-state index >= 15 is 0 Å². The smallest absolute Gasteiger partial charge is 0.355 e. The van der Waals surface area contributed by atoms with Crippen molar-refractivity contribution in [3.8, 4) is 23.8 Å². The maximum Gasteiger partial charge on any atom is 0.355 e. The number of nitrogens with one attached hydrogen (secondary N) is 1. The highest BCUT2D eigenvalue weighted by molar-refractivity contribution is 6.10. The zero-order valence-electron chi connectivity index (χ0n) is 17.1. The Kier molecular flexibility index (Phi) is 7.67. The number of aromatic nitrogens is 1. The van der Waals surface area contributed by atoms with Crippen molar-refractivity contribution in [3.63, 3.8) is 0 Å². The monoisotopic (exact) mass is 395 g/mol. The molecule has 152 valence electrons. The Balaban J connectivity index is 2.26. The fourth-order valence-electron chi connectivity index (χ4n) is 2.92. The van der Waals surface area contributed by atoms with E-state index in [4.69, 9.17) is 20.6 Å². The SMILES string of the molecule is C#CCOc1ccc(/C=C/C(=O)c2c(C)[nH]c(C(=O)OCC)c2C)cc1OCC. The Morgan fingerprint density at radius 1 is 1.14 bits per heavy atom. The number of carbonyl (C=O) groups excluding carboxylic acids is 2. The van der Waals surface area contributed by atoms with Gasteiger partial charge in [0.2, 0.25) is 0 Å². The molecule has 1 aromatic carbocycles. The molecule has 1 aromatic heterocycles. The molecule has 0 spiro atoms. The molecule has 6 nitrogen and oxygen atoms in total. The molecule has 29 heavy (non-hydrogen) atoms. The average Bonchev–Trinajstić information content (AvgIpc) is 3.00. The summed E-state index contributed by atoms with van der Waals surface area (Å²) in [5.41, 5.74) is 2.72. The molecule has 6 heteroatoms. The van der Waals surface area contributed by atoms with Crippen LogP contribution >= 0.6 is 0 Å². The predicted molar refractivity (Wildman–Crippen MR) is 112 cm³/mol. The summed E-state index contributed by atoms with van der Waals surface area (Å²) in [6.45, 7) is 7.96. The summed E-state index contributed by atoms with van der Waals surface area (Å²) in [7, 11) is 0. The van der Waals surface area contributed by atoms with Crippen molar-refractivity contribution in [2.24, 2.45) is 0 Å². The Labute approximate surface area is 170 Å². The summed E-state index contributed by atoms with van der Waals surface area (Å²) >= 11 is 0. The molecule has 2 aromatic rings. The number of benzene rings is 1. The molecule has 0 aliphatic carbocycles. The molecule has 0 atom stereocenters. The van der Waals surface area contributed by atoms with Crippen LogP contribution in [0.5, 0.6) is 11.5 Å². The first-order valence-corrected chi connectivity index (χ1v) is 9.34. The highest BCUT2D eigenvalue weighted by atomic mass is 16.5. The van der Waals surface area contributed by atoms with E-state index in [0.29, 0.717) is 40.6 Å². The second-order valence-corrected chi connectivity index (χ2v) is 6.18. The van der Waals surface area contributed by atoms with Gasteiger partial charge in [0.25, 0.3) is 0 Å².